The lowest BCUT2D eigenvalue weighted by atomic mass is 9.98. The fourth-order valence-electron chi connectivity index (χ4n) is 3.26. The Balaban J connectivity index is 1.67. The number of carboxylic acid groups (broad SMARTS) is 2. The molecular weight excluding hydrogens is 376 g/mol. The second-order valence-electron chi connectivity index (χ2n) is 6.76. The summed E-state index contributed by atoms with van der Waals surface area (Å²) in [6, 6.07) is 25.4. The first-order chi connectivity index (χ1) is 14.5. The SMILES string of the molecule is O=C(O)c1cc(C(=O)O)cc(-c2ccc(C#Cc3cccc4ccccc34)cc2)c1. The molecule has 4 aromatic carbocycles. The number of hydrogen-bond donors (Lipinski definition) is 2. The fraction of sp³-hybridized carbons (Fsp3) is 0. The number of carbonyl (C=O) groups is 2. The van der Waals surface area contributed by atoms with E-state index in [-0.39, 0.29) is 11.1 Å². The minimum Gasteiger partial charge on any atom is -0.478 e. The van der Waals surface area contributed by atoms with E-state index in [1.165, 1.54) is 12.1 Å². The van der Waals surface area contributed by atoms with E-state index in [4.69, 9.17) is 0 Å². The Morgan fingerprint density at radius 3 is 1.93 bits per heavy atom. The number of carboxylic acids is 2. The summed E-state index contributed by atoms with van der Waals surface area (Å²) in [7, 11) is 0. The molecule has 4 heteroatoms. The second kappa shape index (κ2) is 7.94. The summed E-state index contributed by atoms with van der Waals surface area (Å²) in [6.07, 6.45) is 0. The van der Waals surface area contributed by atoms with Crippen molar-refractivity contribution in [1.82, 2.24) is 0 Å². The molecule has 4 aromatic rings. The third kappa shape index (κ3) is 3.91. The van der Waals surface area contributed by atoms with Crippen molar-refractivity contribution in [3.63, 3.8) is 0 Å². The molecule has 0 bridgehead atoms. The summed E-state index contributed by atoms with van der Waals surface area (Å²) < 4.78 is 0. The van der Waals surface area contributed by atoms with Crippen molar-refractivity contribution in [1.29, 1.82) is 0 Å². The largest absolute Gasteiger partial charge is 0.478 e. The first kappa shape index (κ1) is 19.0. The molecule has 30 heavy (non-hydrogen) atoms. The molecular formula is C26H16O4. The van der Waals surface area contributed by atoms with Crippen LogP contribution in [0.4, 0.5) is 0 Å². The average molecular weight is 392 g/mol. The summed E-state index contributed by atoms with van der Waals surface area (Å²) in [5.41, 5.74) is 2.86. The van der Waals surface area contributed by atoms with Gasteiger partial charge in [-0.3, -0.25) is 0 Å². The van der Waals surface area contributed by atoms with Gasteiger partial charge in [0.1, 0.15) is 0 Å². The van der Waals surface area contributed by atoms with Crippen molar-refractivity contribution < 1.29 is 19.8 Å². The van der Waals surface area contributed by atoms with Gasteiger partial charge in [0.25, 0.3) is 0 Å². The molecule has 0 atom stereocenters. The molecule has 0 spiro atoms. The molecule has 4 rings (SSSR count). The molecule has 0 fully saturated rings. The molecule has 0 saturated carbocycles. The van der Waals surface area contributed by atoms with Crippen molar-refractivity contribution in [3.05, 3.63) is 107 Å². The van der Waals surface area contributed by atoms with Crippen molar-refractivity contribution in [2.45, 2.75) is 0 Å². The van der Waals surface area contributed by atoms with Gasteiger partial charge in [0, 0.05) is 11.1 Å². The highest BCUT2D eigenvalue weighted by molar-refractivity contribution is 5.96. The average Bonchev–Trinajstić information content (AvgIpc) is 2.77. The van der Waals surface area contributed by atoms with E-state index >= 15 is 0 Å². The lowest BCUT2D eigenvalue weighted by Gasteiger charge is -2.06. The Bertz CT molecular complexity index is 1300. The molecule has 0 aliphatic rings. The molecule has 0 amide bonds. The van der Waals surface area contributed by atoms with Crippen LogP contribution < -0.4 is 0 Å². The van der Waals surface area contributed by atoms with Crippen LogP contribution in [0.1, 0.15) is 31.8 Å². The molecule has 144 valence electrons. The van der Waals surface area contributed by atoms with Crippen LogP contribution in [0.25, 0.3) is 21.9 Å². The lowest BCUT2D eigenvalue weighted by Crippen LogP contribution is -2.03. The standard InChI is InChI=1S/C26H16O4/c27-25(28)22-14-21(15-23(16-22)26(29)30)18-11-8-17(9-12-18)10-13-20-6-3-5-19-4-1-2-7-24(19)20/h1-9,11-12,14-16H,(H,27,28)(H,29,30). The summed E-state index contributed by atoms with van der Waals surface area (Å²) in [5.74, 6) is 4.02. The Labute approximate surface area is 173 Å². The molecule has 0 aliphatic carbocycles. The highest BCUT2D eigenvalue weighted by atomic mass is 16.4. The van der Waals surface area contributed by atoms with Gasteiger partial charge in [0.2, 0.25) is 0 Å². The number of benzene rings is 4. The number of rotatable bonds is 3. The van der Waals surface area contributed by atoms with E-state index in [2.05, 4.69) is 11.8 Å². The molecule has 0 heterocycles. The normalized spacial score (nSPS) is 10.3. The maximum absolute atomic E-state index is 11.3. The van der Waals surface area contributed by atoms with Crippen LogP contribution in [-0.4, -0.2) is 22.2 Å². The highest BCUT2D eigenvalue weighted by Gasteiger charge is 2.12. The predicted octanol–water partition coefficient (Wildman–Crippen LogP) is 5.30. The predicted molar refractivity (Wildman–Crippen MR) is 116 cm³/mol. The lowest BCUT2D eigenvalue weighted by molar-refractivity contribution is 0.0696. The summed E-state index contributed by atoms with van der Waals surface area (Å²) in [5, 5.41) is 20.7. The quantitative estimate of drug-likeness (QED) is 0.464. The van der Waals surface area contributed by atoms with E-state index in [1.807, 2.05) is 54.6 Å². The first-order valence-corrected chi connectivity index (χ1v) is 9.23. The van der Waals surface area contributed by atoms with Gasteiger partial charge in [-0.1, -0.05) is 60.4 Å². The van der Waals surface area contributed by atoms with Gasteiger partial charge in [-0.15, -0.1) is 0 Å². The van der Waals surface area contributed by atoms with Crippen LogP contribution in [0.2, 0.25) is 0 Å². The molecule has 4 nitrogen and oxygen atoms in total. The van der Waals surface area contributed by atoms with Crippen LogP contribution in [0.15, 0.2) is 84.9 Å². The Kier molecular flexibility index (Phi) is 5.02. The summed E-state index contributed by atoms with van der Waals surface area (Å²) >= 11 is 0. The zero-order chi connectivity index (χ0) is 21.1. The van der Waals surface area contributed by atoms with Crippen LogP contribution in [-0.2, 0) is 0 Å². The van der Waals surface area contributed by atoms with Crippen LogP contribution >= 0.6 is 0 Å². The van der Waals surface area contributed by atoms with Gasteiger partial charge in [0.05, 0.1) is 11.1 Å². The van der Waals surface area contributed by atoms with Gasteiger partial charge in [-0.05, 0) is 58.3 Å². The number of aromatic carboxylic acids is 2. The van der Waals surface area contributed by atoms with E-state index < -0.39 is 11.9 Å². The maximum Gasteiger partial charge on any atom is 0.335 e. The third-order valence-corrected chi connectivity index (χ3v) is 4.78. The van der Waals surface area contributed by atoms with Gasteiger partial charge in [-0.25, -0.2) is 9.59 Å². The topological polar surface area (TPSA) is 74.6 Å². The van der Waals surface area contributed by atoms with Gasteiger partial charge in [-0.2, -0.15) is 0 Å². The second-order valence-corrected chi connectivity index (χ2v) is 6.76. The minimum absolute atomic E-state index is 0.0651. The van der Waals surface area contributed by atoms with Crippen molar-refractivity contribution in [2.24, 2.45) is 0 Å². The Hall–Kier alpha value is -4.36. The van der Waals surface area contributed by atoms with Gasteiger partial charge in [0.15, 0.2) is 0 Å². The summed E-state index contributed by atoms with van der Waals surface area (Å²) in [6.45, 7) is 0. The van der Waals surface area contributed by atoms with Crippen LogP contribution in [0.3, 0.4) is 0 Å². The summed E-state index contributed by atoms with van der Waals surface area (Å²) in [4.78, 5) is 22.6. The Morgan fingerprint density at radius 1 is 0.633 bits per heavy atom. The van der Waals surface area contributed by atoms with Crippen molar-refractivity contribution in [2.75, 3.05) is 0 Å². The number of hydrogen-bond acceptors (Lipinski definition) is 2. The van der Waals surface area contributed by atoms with E-state index in [0.717, 1.165) is 33.5 Å². The zero-order valence-electron chi connectivity index (χ0n) is 15.8. The van der Waals surface area contributed by atoms with Gasteiger partial charge >= 0.3 is 11.9 Å². The molecule has 0 aromatic heterocycles. The van der Waals surface area contributed by atoms with E-state index in [0.29, 0.717) is 5.56 Å². The maximum atomic E-state index is 11.3. The molecule has 0 unspecified atom stereocenters. The molecule has 0 saturated heterocycles. The third-order valence-electron chi connectivity index (χ3n) is 4.78. The zero-order valence-corrected chi connectivity index (χ0v) is 15.8. The smallest absolute Gasteiger partial charge is 0.335 e. The molecule has 2 N–H and O–H groups in total. The molecule has 0 aliphatic heterocycles. The van der Waals surface area contributed by atoms with E-state index in [1.54, 1.807) is 12.1 Å². The Morgan fingerprint density at radius 2 is 1.27 bits per heavy atom. The van der Waals surface area contributed by atoms with E-state index in [9.17, 15) is 19.8 Å². The van der Waals surface area contributed by atoms with Crippen LogP contribution in [0.5, 0.6) is 0 Å². The monoisotopic (exact) mass is 392 g/mol. The fourth-order valence-corrected chi connectivity index (χ4v) is 3.26. The molecule has 0 radical (unpaired) electrons. The number of fused-ring (bicyclic) bond motifs is 1. The van der Waals surface area contributed by atoms with Crippen LogP contribution in [0, 0.1) is 11.8 Å². The van der Waals surface area contributed by atoms with Gasteiger partial charge < -0.3 is 10.2 Å². The highest BCUT2D eigenvalue weighted by Crippen LogP contribution is 2.24. The van der Waals surface area contributed by atoms with Crippen molar-refractivity contribution >= 4 is 22.7 Å². The van der Waals surface area contributed by atoms with Crippen molar-refractivity contribution in [3.8, 4) is 23.0 Å². The minimum atomic E-state index is -1.17. The first-order valence-electron chi connectivity index (χ1n) is 9.23.